The number of rotatable bonds is 4. The third kappa shape index (κ3) is 2.94. The van der Waals surface area contributed by atoms with E-state index in [2.05, 4.69) is 0 Å². The molecule has 136 valence electrons. The number of imide groups is 2. The maximum atomic E-state index is 12.2. The molecule has 0 bridgehead atoms. The molecule has 0 spiro atoms. The van der Waals surface area contributed by atoms with E-state index in [-0.39, 0.29) is 11.3 Å². The number of carbonyl (C=O) groups excluding carboxylic acids is 3. The van der Waals surface area contributed by atoms with Gasteiger partial charge in [0.05, 0.1) is 23.0 Å². The number of ether oxygens (including phenoxy) is 1. The number of likely N-dealkylation sites (N-methyl/N-ethyl adjacent to an activating group) is 2. The van der Waals surface area contributed by atoms with Gasteiger partial charge in [-0.2, -0.15) is 0 Å². The lowest BCUT2D eigenvalue weighted by molar-refractivity contribution is -0.394. The summed E-state index contributed by atoms with van der Waals surface area (Å²) in [6.45, 7) is 0. The number of nitro groups is 2. The van der Waals surface area contributed by atoms with Crippen molar-refractivity contribution in [2.75, 3.05) is 21.2 Å². The predicted molar refractivity (Wildman–Crippen MR) is 85.2 cm³/mol. The molecule has 0 saturated carbocycles. The minimum atomic E-state index is -0.950. The highest BCUT2D eigenvalue weighted by Crippen LogP contribution is 2.37. The van der Waals surface area contributed by atoms with E-state index in [4.69, 9.17) is 4.74 Å². The monoisotopic (exact) mass is 364 g/mol. The van der Waals surface area contributed by atoms with Gasteiger partial charge in [-0.25, -0.2) is 4.79 Å². The third-order valence-corrected chi connectivity index (χ3v) is 3.64. The van der Waals surface area contributed by atoms with Gasteiger partial charge in [0.2, 0.25) is 5.75 Å². The molecule has 26 heavy (non-hydrogen) atoms. The van der Waals surface area contributed by atoms with Crippen molar-refractivity contribution in [3.05, 3.63) is 43.5 Å². The van der Waals surface area contributed by atoms with Gasteiger partial charge in [0.1, 0.15) is 5.57 Å². The van der Waals surface area contributed by atoms with E-state index >= 15 is 0 Å². The molecule has 0 aromatic heterocycles. The van der Waals surface area contributed by atoms with Crippen LogP contribution in [0.25, 0.3) is 6.08 Å². The number of benzene rings is 1. The molecular formula is C14H12N4O8. The Hall–Kier alpha value is -3.83. The van der Waals surface area contributed by atoms with Crippen molar-refractivity contribution in [1.82, 2.24) is 9.80 Å². The number of non-ortho nitro benzene ring substituents is 1. The van der Waals surface area contributed by atoms with Crippen molar-refractivity contribution in [2.45, 2.75) is 0 Å². The van der Waals surface area contributed by atoms with Crippen LogP contribution in [0, 0.1) is 20.2 Å². The van der Waals surface area contributed by atoms with Crippen molar-refractivity contribution in [2.24, 2.45) is 0 Å². The maximum absolute atomic E-state index is 12.2. The van der Waals surface area contributed by atoms with Crippen molar-refractivity contribution < 1.29 is 29.0 Å². The van der Waals surface area contributed by atoms with Crippen LogP contribution in [0.4, 0.5) is 16.2 Å². The van der Waals surface area contributed by atoms with Crippen molar-refractivity contribution in [1.29, 1.82) is 0 Å². The first-order valence-corrected chi connectivity index (χ1v) is 6.92. The molecule has 1 aliphatic heterocycles. The molecule has 1 aromatic rings. The van der Waals surface area contributed by atoms with Crippen LogP contribution in [0.15, 0.2) is 17.7 Å². The maximum Gasteiger partial charge on any atom is 0.333 e. The first-order chi connectivity index (χ1) is 12.1. The molecule has 4 amide bonds. The Morgan fingerprint density at radius 2 is 1.54 bits per heavy atom. The fourth-order valence-electron chi connectivity index (χ4n) is 2.32. The Balaban J connectivity index is 2.74. The number of methoxy groups -OCH3 is 1. The highest BCUT2D eigenvalue weighted by atomic mass is 16.6. The number of hydrogen-bond acceptors (Lipinski definition) is 8. The third-order valence-electron chi connectivity index (χ3n) is 3.64. The quantitative estimate of drug-likeness (QED) is 0.331. The van der Waals surface area contributed by atoms with E-state index in [0.717, 1.165) is 33.3 Å². The second-order valence-electron chi connectivity index (χ2n) is 5.17. The second kappa shape index (κ2) is 6.58. The molecule has 1 aromatic carbocycles. The summed E-state index contributed by atoms with van der Waals surface area (Å²) < 4.78 is 4.93. The first-order valence-electron chi connectivity index (χ1n) is 6.92. The smallest absolute Gasteiger partial charge is 0.333 e. The molecule has 12 nitrogen and oxygen atoms in total. The normalized spacial score (nSPS) is 14.6. The van der Waals surface area contributed by atoms with Gasteiger partial charge in [-0.1, -0.05) is 0 Å². The van der Waals surface area contributed by atoms with Crippen LogP contribution in [0.5, 0.6) is 5.75 Å². The zero-order valence-electron chi connectivity index (χ0n) is 13.8. The molecule has 1 heterocycles. The van der Waals surface area contributed by atoms with Crippen LogP contribution >= 0.6 is 0 Å². The van der Waals surface area contributed by atoms with Crippen LogP contribution in [-0.4, -0.2) is 58.7 Å². The summed E-state index contributed by atoms with van der Waals surface area (Å²) >= 11 is 0. The summed E-state index contributed by atoms with van der Waals surface area (Å²) in [6, 6.07) is 0.775. The van der Waals surface area contributed by atoms with Gasteiger partial charge in [0.25, 0.3) is 17.5 Å². The van der Waals surface area contributed by atoms with Crippen LogP contribution in [0.3, 0.4) is 0 Å². The summed E-state index contributed by atoms with van der Waals surface area (Å²) in [7, 11) is 3.39. The topological polar surface area (TPSA) is 153 Å². The number of amides is 4. The Morgan fingerprint density at radius 1 is 1.00 bits per heavy atom. The van der Waals surface area contributed by atoms with Crippen molar-refractivity contribution in [3.8, 4) is 5.75 Å². The van der Waals surface area contributed by atoms with Crippen LogP contribution in [-0.2, 0) is 9.59 Å². The Kier molecular flexibility index (Phi) is 4.69. The van der Waals surface area contributed by atoms with Gasteiger partial charge in [-0.05, 0) is 6.08 Å². The van der Waals surface area contributed by atoms with E-state index in [1.807, 2.05) is 0 Å². The minimum Gasteiger partial charge on any atom is -0.490 e. The van der Waals surface area contributed by atoms with Gasteiger partial charge in [-0.3, -0.25) is 39.6 Å². The van der Waals surface area contributed by atoms with Crippen molar-refractivity contribution >= 4 is 35.3 Å². The average molecular weight is 364 g/mol. The van der Waals surface area contributed by atoms with E-state index in [9.17, 15) is 34.6 Å². The lowest BCUT2D eigenvalue weighted by Crippen LogP contribution is -2.52. The number of barbiturate groups is 1. The van der Waals surface area contributed by atoms with E-state index < -0.39 is 44.6 Å². The Morgan fingerprint density at radius 3 is 1.96 bits per heavy atom. The highest BCUT2D eigenvalue weighted by molar-refractivity contribution is 6.30. The van der Waals surface area contributed by atoms with Gasteiger partial charge in [0, 0.05) is 25.7 Å². The fraction of sp³-hybridized carbons (Fsp3) is 0.214. The highest BCUT2D eigenvalue weighted by Gasteiger charge is 2.38. The van der Waals surface area contributed by atoms with Gasteiger partial charge < -0.3 is 4.74 Å². The summed E-state index contributed by atoms with van der Waals surface area (Å²) in [5.74, 6) is -2.26. The van der Waals surface area contributed by atoms with Gasteiger partial charge in [-0.15, -0.1) is 0 Å². The molecule has 12 heteroatoms. The fourth-order valence-corrected chi connectivity index (χ4v) is 2.32. The molecule has 0 radical (unpaired) electrons. The summed E-state index contributed by atoms with van der Waals surface area (Å²) in [4.78, 5) is 57.9. The van der Waals surface area contributed by atoms with E-state index in [1.165, 1.54) is 0 Å². The molecule has 0 aliphatic carbocycles. The molecular weight excluding hydrogens is 352 g/mol. The van der Waals surface area contributed by atoms with E-state index in [0.29, 0.717) is 15.9 Å². The van der Waals surface area contributed by atoms with E-state index in [1.54, 1.807) is 0 Å². The van der Waals surface area contributed by atoms with Crippen molar-refractivity contribution in [3.63, 3.8) is 0 Å². The Labute approximate surface area is 145 Å². The lowest BCUT2D eigenvalue weighted by Gasteiger charge is -2.28. The Bertz CT molecular complexity index is 865. The van der Waals surface area contributed by atoms with Gasteiger partial charge in [0.15, 0.2) is 0 Å². The average Bonchev–Trinajstić information content (AvgIpc) is 2.60. The van der Waals surface area contributed by atoms with Gasteiger partial charge >= 0.3 is 11.7 Å². The SMILES string of the molecule is COc1c(C=C2C(=O)N(C)C(=O)N(C)C2=O)cc([N+](=O)[O-])cc1[N+](=O)[O-]. The summed E-state index contributed by atoms with van der Waals surface area (Å²) in [5.41, 5.74) is -2.05. The lowest BCUT2D eigenvalue weighted by atomic mass is 10.0. The van der Waals surface area contributed by atoms with Crippen LogP contribution < -0.4 is 4.74 Å². The first kappa shape index (κ1) is 18.5. The predicted octanol–water partition coefficient (Wildman–Crippen LogP) is 0.945. The number of hydrogen-bond donors (Lipinski definition) is 0. The van der Waals surface area contributed by atoms with Crippen LogP contribution in [0.1, 0.15) is 5.56 Å². The molecule has 0 unspecified atom stereocenters. The second-order valence-corrected chi connectivity index (χ2v) is 5.17. The zero-order chi connectivity index (χ0) is 19.8. The molecule has 1 aliphatic rings. The number of urea groups is 1. The summed E-state index contributed by atoms with van der Waals surface area (Å²) in [5, 5.41) is 22.2. The molecule has 1 saturated heterocycles. The number of nitrogens with zero attached hydrogens (tertiary/aromatic N) is 4. The molecule has 0 atom stereocenters. The zero-order valence-corrected chi connectivity index (χ0v) is 13.8. The largest absolute Gasteiger partial charge is 0.490 e. The molecule has 2 rings (SSSR count). The van der Waals surface area contributed by atoms with Crippen LogP contribution in [0.2, 0.25) is 0 Å². The number of nitro benzene ring substituents is 2. The number of carbonyl (C=O) groups is 3. The molecule has 1 fully saturated rings. The minimum absolute atomic E-state index is 0.221. The standard InChI is InChI=1S/C14H12N4O8/c1-15-12(19)9(13(20)16(2)14(15)21)5-7-4-8(17(22)23)6-10(18(24)25)11(7)26-3/h4-6H,1-3H3. The summed E-state index contributed by atoms with van der Waals surface area (Å²) in [6.07, 6.45) is 0.920. The molecule has 0 N–H and O–H groups in total.